The van der Waals surface area contributed by atoms with Crippen molar-refractivity contribution in [3.8, 4) is 17.6 Å². The fourth-order valence-corrected chi connectivity index (χ4v) is 3.84. The Labute approximate surface area is 158 Å². The van der Waals surface area contributed by atoms with Crippen molar-refractivity contribution < 1.29 is 14.3 Å². The van der Waals surface area contributed by atoms with E-state index in [0.717, 1.165) is 12.8 Å². The molecule has 0 bridgehead atoms. The molecule has 25 heavy (non-hydrogen) atoms. The van der Waals surface area contributed by atoms with Crippen molar-refractivity contribution in [3.05, 3.63) is 22.2 Å². The monoisotopic (exact) mass is 408 g/mol. The minimum Gasteiger partial charge on any atom is -0.490 e. The van der Waals surface area contributed by atoms with Gasteiger partial charge in [0, 0.05) is 18.7 Å². The second kappa shape index (κ2) is 9.67. The Hall–Kier alpha value is -1.74. The van der Waals surface area contributed by atoms with Gasteiger partial charge in [0.15, 0.2) is 18.1 Å². The molecular formula is C19H25BrN2O3. The van der Waals surface area contributed by atoms with Crippen LogP contribution in [0.4, 0.5) is 0 Å². The molecule has 1 fully saturated rings. The summed E-state index contributed by atoms with van der Waals surface area (Å²) in [5, 5.41) is 9.08. The molecule has 1 aromatic rings. The van der Waals surface area contributed by atoms with Gasteiger partial charge in [-0.25, -0.2) is 0 Å². The van der Waals surface area contributed by atoms with Crippen LogP contribution in [-0.2, 0) is 4.79 Å². The Morgan fingerprint density at radius 3 is 2.60 bits per heavy atom. The molecular weight excluding hydrogens is 384 g/mol. The number of hydrogen-bond donors (Lipinski definition) is 0. The number of rotatable bonds is 7. The van der Waals surface area contributed by atoms with E-state index in [1.807, 2.05) is 18.7 Å². The number of benzene rings is 1. The predicted molar refractivity (Wildman–Crippen MR) is 99.8 cm³/mol. The number of amides is 1. The van der Waals surface area contributed by atoms with Crippen LogP contribution in [0.15, 0.2) is 16.6 Å². The number of nitrogens with zero attached hydrogens (tertiary/aromatic N) is 2. The van der Waals surface area contributed by atoms with Gasteiger partial charge in [0.1, 0.15) is 0 Å². The fraction of sp³-hybridized carbons (Fsp3) is 0.579. The molecule has 0 atom stereocenters. The smallest absolute Gasteiger partial charge is 0.260 e. The maximum atomic E-state index is 12.6. The van der Waals surface area contributed by atoms with E-state index in [1.54, 1.807) is 12.1 Å². The van der Waals surface area contributed by atoms with Crippen molar-refractivity contribution in [2.75, 3.05) is 19.8 Å². The summed E-state index contributed by atoms with van der Waals surface area (Å²) in [7, 11) is 0. The molecule has 0 unspecified atom stereocenters. The van der Waals surface area contributed by atoms with E-state index >= 15 is 0 Å². The Balaban J connectivity index is 2.08. The molecule has 1 aliphatic rings. The van der Waals surface area contributed by atoms with Crippen LogP contribution < -0.4 is 9.47 Å². The molecule has 1 saturated carbocycles. The number of likely N-dealkylation sites (N-methyl/N-ethyl adjacent to an activating group) is 1. The van der Waals surface area contributed by atoms with Crippen LogP contribution in [0.1, 0.15) is 51.5 Å². The van der Waals surface area contributed by atoms with Gasteiger partial charge in [0.2, 0.25) is 0 Å². The van der Waals surface area contributed by atoms with E-state index in [0.29, 0.717) is 40.7 Å². The maximum Gasteiger partial charge on any atom is 0.260 e. The second-order valence-corrected chi connectivity index (χ2v) is 6.94. The molecule has 0 aliphatic heterocycles. The van der Waals surface area contributed by atoms with Crippen LogP contribution in [0.3, 0.4) is 0 Å². The third-order valence-electron chi connectivity index (χ3n) is 4.45. The summed E-state index contributed by atoms with van der Waals surface area (Å²) >= 11 is 3.41. The highest BCUT2D eigenvalue weighted by molar-refractivity contribution is 9.10. The van der Waals surface area contributed by atoms with Gasteiger partial charge in [0.05, 0.1) is 22.7 Å². The molecule has 1 aliphatic carbocycles. The molecule has 0 saturated heterocycles. The number of hydrogen-bond acceptors (Lipinski definition) is 4. The molecule has 0 aromatic heterocycles. The summed E-state index contributed by atoms with van der Waals surface area (Å²) in [6.07, 6.45) is 5.78. The van der Waals surface area contributed by atoms with E-state index in [1.165, 1.54) is 19.3 Å². The van der Waals surface area contributed by atoms with E-state index in [2.05, 4.69) is 22.0 Å². The zero-order valence-electron chi connectivity index (χ0n) is 14.9. The minimum atomic E-state index is -0.0328. The third-order valence-corrected chi connectivity index (χ3v) is 5.04. The average molecular weight is 409 g/mol. The fourth-order valence-electron chi connectivity index (χ4n) is 3.28. The topological polar surface area (TPSA) is 62.6 Å². The summed E-state index contributed by atoms with van der Waals surface area (Å²) in [5.41, 5.74) is 0.478. The lowest BCUT2D eigenvalue weighted by Gasteiger charge is -2.33. The largest absolute Gasteiger partial charge is 0.490 e. The van der Waals surface area contributed by atoms with Crippen LogP contribution >= 0.6 is 15.9 Å². The highest BCUT2D eigenvalue weighted by Gasteiger charge is 2.25. The first-order chi connectivity index (χ1) is 12.1. The van der Waals surface area contributed by atoms with E-state index in [9.17, 15) is 4.79 Å². The summed E-state index contributed by atoms with van der Waals surface area (Å²) < 4.78 is 12.0. The first-order valence-electron chi connectivity index (χ1n) is 8.89. The average Bonchev–Trinajstić information content (AvgIpc) is 2.62. The standard InChI is InChI=1S/C19H25BrN2O3/c1-3-22(15-8-6-5-7-9-15)18(23)13-25-19-16(20)10-14(12-21)11-17(19)24-4-2/h10-11,15H,3-9,13H2,1-2H3. The summed E-state index contributed by atoms with van der Waals surface area (Å²) in [4.78, 5) is 14.6. The second-order valence-electron chi connectivity index (χ2n) is 6.09. The molecule has 0 N–H and O–H groups in total. The summed E-state index contributed by atoms with van der Waals surface area (Å²) in [6, 6.07) is 5.71. The highest BCUT2D eigenvalue weighted by Crippen LogP contribution is 2.37. The zero-order chi connectivity index (χ0) is 18.2. The maximum absolute atomic E-state index is 12.6. The van der Waals surface area contributed by atoms with E-state index in [4.69, 9.17) is 14.7 Å². The first-order valence-corrected chi connectivity index (χ1v) is 9.68. The normalized spacial score (nSPS) is 14.6. The van der Waals surface area contributed by atoms with Crippen molar-refractivity contribution in [2.24, 2.45) is 0 Å². The van der Waals surface area contributed by atoms with Crippen LogP contribution in [0.5, 0.6) is 11.5 Å². The van der Waals surface area contributed by atoms with Crippen molar-refractivity contribution in [1.29, 1.82) is 5.26 Å². The van der Waals surface area contributed by atoms with Gasteiger partial charge in [0.25, 0.3) is 5.91 Å². The molecule has 1 amide bonds. The Bertz CT molecular complexity index is 636. The molecule has 0 radical (unpaired) electrons. The summed E-state index contributed by atoms with van der Waals surface area (Å²) in [5.74, 6) is 0.934. The number of ether oxygens (including phenoxy) is 2. The van der Waals surface area contributed by atoms with Crippen LogP contribution in [0, 0.1) is 11.3 Å². The van der Waals surface area contributed by atoms with Crippen molar-refractivity contribution >= 4 is 21.8 Å². The highest BCUT2D eigenvalue weighted by atomic mass is 79.9. The molecule has 0 spiro atoms. The zero-order valence-corrected chi connectivity index (χ0v) is 16.5. The number of halogens is 1. The third kappa shape index (κ3) is 5.12. The lowest BCUT2D eigenvalue weighted by atomic mass is 9.94. The van der Waals surface area contributed by atoms with E-state index in [-0.39, 0.29) is 12.5 Å². The molecule has 0 heterocycles. The lowest BCUT2D eigenvalue weighted by Crippen LogP contribution is -2.43. The van der Waals surface area contributed by atoms with Gasteiger partial charge < -0.3 is 14.4 Å². The minimum absolute atomic E-state index is 0.00638. The first kappa shape index (κ1) is 19.6. The Morgan fingerprint density at radius 2 is 2.00 bits per heavy atom. The predicted octanol–water partition coefficient (Wildman–Crippen LogP) is 4.28. The lowest BCUT2D eigenvalue weighted by molar-refractivity contribution is -0.136. The van der Waals surface area contributed by atoms with Gasteiger partial charge >= 0.3 is 0 Å². The molecule has 136 valence electrons. The van der Waals surface area contributed by atoms with Gasteiger partial charge in [-0.3, -0.25) is 4.79 Å². The van der Waals surface area contributed by atoms with Crippen molar-refractivity contribution in [2.45, 2.75) is 52.0 Å². The number of nitriles is 1. The number of carbonyl (C=O) groups excluding carboxylic acids is 1. The van der Waals surface area contributed by atoms with E-state index < -0.39 is 0 Å². The number of carbonyl (C=O) groups is 1. The van der Waals surface area contributed by atoms with Crippen molar-refractivity contribution in [3.63, 3.8) is 0 Å². The molecule has 2 rings (SSSR count). The van der Waals surface area contributed by atoms with Crippen LogP contribution in [0.2, 0.25) is 0 Å². The quantitative estimate of drug-likeness (QED) is 0.675. The molecule has 1 aromatic carbocycles. The Morgan fingerprint density at radius 1 is 1.28 bits per heavy atom. The Kier molecular flexibility index (Phi) is 7.57. The molecule has 6 heteroatoms. The summed E-state index contributed by atoms with van der Waals surface area (Å²) in [6.45, 7) is 4.99. The van der Waals surface area contributed by atoms with Gasteiger partial charge in [-0.2, -0.15) is 5.26 Å². The van der Waals surface area contributed by atoms with Crippen LogP contribution in [-0.4, -0.2) is 36.6 Å². The van der Waals surface area contributed by atoms with Gasteiger partial charge in [-0.15, -0.1) is 0 Å². The molecule has 5 nitrogen and oxygen atoms in total. The van der Waals surface area contributed by atoms with Gasteiger partial charge in [-0.1, -0.05) is 19.3 Å². The van der Waals surface area contributed by atoms with Gasteiger partial charge in [-0.05, 0) is 48.7 Å². The SMILES string of the molecule is CCOc1cc(C#N)cc(Br)c1OCC(=O)N(CC)C1CCCCC1. The van der Waals surface area contributed by atoms with Crippen molar-refractivity contribution in [1.82, 2.24) is 4.90 Å². The van der Waals surface area contributed by atoms with Crippen LogP contribution in [0.25, 0.3) is 0 Å².